The standard InChI is InChI=1S/C35H50N4O8/c1-10-28-35(9,43)32-22(4)30(37-25(7)40)20(2)17-34(8,24(6)21(3)31(41)23(5)33(42)47-28)45-19-27(18-44-32)39-46-16-12-14-26-13-11-15-29(36)38-26/h11,13,15,20-21,23-24,28,32,43H,10,16-19H2,1-9H3,(H2,36,38)(H,37,40)/b30-22+,39-27?/t20-,21-,23-,24-,28-,32-,34-,35-/m1/s1. The average Bonchev–Trinajstić information content (AvgIpc) is 3.03. The molecule has 1 aromatic heterocycles. The topological polar surface area (TPSA) is 172 Å². The number of nitrogen functional groups attached to an aromatic ring is 1. The van der Waals surface area contributed by atoms with Crippen molar-refractivity contribution in [1.29, 1.82) is 0 Å². The molecule has 8 atom stereocenters. The molecule has 258 valence electrons. The Balaban J connectivity index is 2.16. The van der Waals surface area contributed by atoms with E-state index < -0.39 is 41.2 Å². The van der Waals surface area contributed by atoms with E-state index >= 15 is 0 Å². The number of nitrogens with zero attached hydrogens (tertiary/aromatic N) is 2. The van der Waals surface area contributed by atoms with Crippen LogP contribution in [0.2, 0.25) is 0 Å². The minimum Gasteiger partial charge on any atom is -0.459 e. The zero-order valence-corrected chi connectivity index (χ0v) is 29.0. The Morgan fingerprint density at radius 2 is 1.91 bits per heavy atom. The molecule has 0 spiro atoms. The molecule has 1 amide bonds. The number of cyclic esters (lactones) is 1. The largest absolute Gasteiger partial charge is 0.459 e. The number of anilines is 1. The zero-order valence-electron chi connectivity index (χ0n) is 29.0. The number of hydrogen-bond donors (Lipinski definition) is 3. The van der Waals surface area contributed by atoms with Gasteiger partial charge in [-0.3, -0.25) is 14.4 Å². The van der Waals surface area contributed by atoms with Crippen LogP contribution in [0.25, 0.3) is 0 Å². The van der Waals surface area contributed by atoms with Crippen LogP contribution in [0.4, 0.5) is 5.82 Å². The van der Waals surface area contributed by atoms with Crippen molar-refractivity contribution in [1.82, 2.24) is 10.3 Å². The van der Waals surface area contributed by atoms with E-state index in [0.29, 0.717) is 34.9 Å². The van der Waals surface area contributed by atoms with Gasteiger partial charge < -0.3 is 35.2 Å². The number of allylic oxidation sites excluding steroid dienone is 1. The fourth-order valence-electron chi connectivity index (χ4n) is 6.40. The summed E-state index contributed by atoms with van der Waals surface area (Å²) in [6, 6.07) is 5.15. The van der Waals surface area contributed by atoms with Crippen LogP contribution in [-0.4, -0.2) is 76.7 Å². The summed E-state index contributed by atoms with van der Waals surface area (Å²) in [5.74, 6) is 2.42. The highest BCUT2D eigenvalue weighted by Crippen LogP contribution is 2.40. The number of carbonyl (C=O) groups is 3. The third-order valence-corrected chi connectivity index (χ3v) is 9.39. The molecule has 0 fully saturated rings. The Kier molecular flexibility index (Phi) is 12.7. The van der Waals surface area contributed by atoms with Crippen molar-refractivity contribution in [3.05, 3.63) is 35.2 Å². The summed E-state index contributed by atoms with van der Waals surface area (Å²) in [6.45, 7) is 15.4. The number of rotatable bonds is 4. The van der Waals surface area contributed by atoms with Crippen molar-refractivity contribution < 1.29 is 38.5 Å². The smallest absolute Gasteiger partial charge is 0.316 e. The number of esters is 1. The van der Waals surface area contributed by atoms with Crippen LogP contribution in [0.5, 0.6) is 0 Å². The van der Waals surface area contributed by atoms with Crippen LogP contribution < -0.4 is 11.1 Å². The molecule has 12 nitrogen and oxygen atoms in total. The molecule has 0 aliphatic carbocycles. The first-order chi connectivity index (χ1) is 22.0. The van der Waals surface area contributed by atoms with Gasteiger partial charge in [0.1, 0.15) is 46.7 Å². The second kappa shape index (κ2) is 15.9. The van der Waals surface area contributed by atoms with Gasteiger partial charge in [-0.1, -0.05) is 44.8 Å². The quantitative estimate of drug-likeness (QED) is 0.143. The predicted molar refractivity (Wildman–Crippen MR) is 177 cm³/mol. The average molecular weight is 655 g/mol. The lowest BCUT2D eigenvalue weighted by molar-refractivity contribution is -0.184. The van der Waals surface area contributed by atoms with Crippen LogP contribution in [0.1, 0.15) is 80.8 Å². The SMILES string of the molecule is CC[C@H]1OC(=O)[C@H](C)C(=O)[C@H](C)[C@@H](C)[C@@]2(C)C[C@@H](C)/C(NC(C)=O)=C(/C)[C@@H](OCC(=NOCC#Cc3cccc(N)n3)CO2)[C@]1(C)O. The number of aromatic nitrogens is 1. The summed E-state index contributed by atoms with van der Waals surface area (Å²) in [5, 5.41) is 19.4. The van der Waals surface area contributed by atoms with Crippen LogP contribution in [0.3, 0.4) is 0 Å². The highest BCUT2D eigenvalue weighted by molar-refractivity contribution is 5.99. The van der Waals surface area contributed by atoms with Crippen molar-refractivity contribution in [2.45, 2.75) is 98.6 Å². The van der Waals surface area contributed by atoms with E-state index in [1.807, 2.05) is 20.8 Å². The number of nitrogens with two attached hydrogens (primary N) is 1. The monoisotopic (exact) mass is 654 g/mol. The van der Waals surface area contributed by atoms with E-state index in [1.54, 1.807) is 39.0 Å². The molecule has 0 saturated carbocycles. The van der Waals surface area contributed by atoms with Gasteiger partial charge in [0.05, 0.1) is 18.8 Å². The molecule has 2 bridgehead atoms. The lowest BCUT2D eigenvalue weighted by Gasteiger charge is -2.42. The second-order valence-corrected chi connectivity index (χ2v) is 13.1. The summed E-state index contributed by atoms with van der Waals surface area (Å²) in [5.41, 5.74) is 4.96. The summed E-state index contributed by atoms with van der Waals surface area (Å²) in [7, 11) is 0. The van der Waals surface area contributed by atoms with E-state index in [-0.39, 0.29) is 49.8 Å². The van der Waals surface area contributed by atoms with Crippen molar-refractivity contribution in [2.75, 3.05) is 25.6 Å². The molecule has 47 heavy (non-hydrogen) atoms. The highest BCUT2D eigenvalue weighted by atomic mass is 16.6. The van der Waals surface area contributed by atoms with Crippen molar-refractivity contribution in [3.8, 4) is 11.8 Å². The molecule has 0 unspecified atom stereocenters. The fourth-order valence-corrected chi connectivity index (χ4v) is 6.40. The molecule has 2 aliphatic rings. The number of Topliss-reactive ketones (excluding diaryl/α,β-unsaturated/α-hetero) is 1. The lowest BCUT2D eigenvalue weighted by atomic mass is 9.72. The third-order valence-electron chi connectivity index (χ3n) is 9.39. The van der Waals surface area contributed by atoms with E-state index in [4.69, 9.17) is 24.8 Å². The number of ketones is 1. The maximum atomic E-state index is 13.7. The van der Waals surface area contributed by atoms with E-state index in [1.165, 1.54) is 20.8 Å². The fraction of sp³-hybridized carbons (Fsp3) is 0.629. The molecular formula is C35H50N4O8. The number of carbonyl (C=O) groups excluding carboxylic acids is 3. The molecule has 3 heterocycles. The predicted octanol–water partition coefficient (Wildman–Crippen LogP) is 3.56. The minimum absolute atomic E-state index is 0.0236. The normalized spacial score (nSPS) is 35.0. The Morgan fingerprint density at radius 3 is 2.55 bits per heavy atom. The van der Waals surface area contributed by atoms with Gasteiger partial charge in [-0.25, -0.2) is 4.98 Å². The van der Waals surface area contributed by atoms with Gasteiger partial charge in [-0.15, -0.1) is 0 Å². The molecule has 2 aliphatic heterocycles. The number of ether oxygens (including phenoxy) is 3. The van der Waals surface area contributed by atoms with Gasteiger partial charge in [0.25, 0.3) is 0 Å². The van der Waals surface area contributed by atoms with Crippen LogP contribution >= 0.6 is 0 Å². The number of aliphatic hydroxyl groups is 1. The van der Waals surface area contributed by atoms with Crippen molar-refractivity contribution in [2.24, 2.45) is 28.8 Å². The maximum absolute atomic E-state index is 13.7. The summed E-state index contributed by atoms with van der Waals surface area (Å²) >= 11 is 0. The first-order valence-electron chi connectivity index (χ1n) is 16.1. The number of oxime groups is 1. The minimum atomic E-state index is -1.79. The molecule has 12 heteroatoms. The number of nitrogens with one attached hydrogen (secondary N) is 1. The number of hydrogen-bond acceptors (Lipinski definition) is 11. The number of amides is 1. The number of pyridine rings is 1. The zero-order chi connectivity index (χ0) is 35.1. The van der Waals surface area contributed by atoms with Gasteiger partial charge in [0.2, 0.25) is 5.91 Å². The Labute approximate surface area is 277 Å². The van der Waals surface area contributed by atoms with Gasteiger partial charge in [0, 0.05) is 18.5 Å². The van der Waals surface area contributed by atoms with Crippen molar-refractivity contribution >= 4 is 29.2 Å². The van der Waals surface area contributed by atoms with Crippen LogP contribution in [0.15, 0.2) is 34.6 Å². The summed E-state index contributed by atoms with van der Waals surface area (Å²) < 4.78 is 18.9. The Morgan fingerprint density at radius 1 is 1.21 bits per heavy atom. The Hall–Kier alpha value is -3.79. The van der Waals surface area contributed by atoms with E-state index in [9.17, 15) is 19.5 Å². The van der Waals surface area contributed by atoms with E-state index in [2.05, 4.69) is 27.3 Å². The van der Waals surface area contributed by atoms with Gasteiger partial charge in [-0.05, 0) is 76.0 Å². The summed E-state index contributed by atoms with van der Waals surface area (Å²) in [4.78, 5) is 49.2. The van der Waals surface area contributed by atoms with Crippen LogP contribution in [-0.2, 0) is 33.4 Å². The molecule has 1 aromatic rings. The van der Waals surface area contributed by atoms with Gasteiger partial charge in [0.15, 0.2) is 6.61 Å². The molecule has 0 aromatic carbocycles. The van der Waals surface area contributed by atoms with Crippen molar-refractivity contribution in [3.63, 3.8) is 0 Å². The summed E-state index contributed by atoms with van der Waals surface area (Å²) in [6.07, 6.45) is -1.50. The van der Waals surface area contributed by atoms with E-state index in [0.717, 1.165) is 0 Å². The first-order valence-corrected chi connectivity index (χ1v) is 16.1. The molecule has 4 N–H and O–H groups in total. The van der Waals surface area contributed by atoms with Gasteiger partial charge in [-0.2, -0.15) is 0 Å². The second-order valence-electron chi connectivity index (χ2n) is 13.1. The molecular weight excluding hydrogens is 604 g/mol. The molecule has 0 radical (unpaired) electrons. The first kappa shape index (κ1) is 37.7. The Bertz CT molecular complexity index is 1440. The lowest BCUT2D eigenvalue weighted by Crippen LogP contribution is -2.54. The van der Waals surface area contributed by atoms with Gasteiger partial charge >= 0.3 is 5.97 Å². The highest BCUT2D eigenvalue weighted by Gasteiger charge is 2.48. The number of fused-ring (bicyclic) bond motifs is 4. The third kappa shape index (κ3) is 9.18. The van der Waals surface area contributed by atoms with Crippen LogP contribution in [0, 0.1) is 35.5 Å². The maximum Gasteiger partial charge on any atom is 0.316 e. The molecule has 3 rings (SSSR count). The molecule has 0 saturated heterocycles.